The minimum absolute atomic E-state index is 0.0831. The molecule has 4 aliphatic carbocycles. The van der Waals surface area contributed by atoms with Crippen molar-refractivity contribution in [2.24, 2.45) is 23.2 Å². The van der Waals surface area contributed by atoms with Crippen LogP contribution in [0.25, 0.3) is 0 Å². The van der Waals surface area contributed by atoms with Gasteiger partial charge in [0, 0.05) is 18.7 Å². The van der Waals surface area contributed by atoms with Gasteiger partial charge in [0.05, 0.1) is 29.1 Å². The zero-order valence-corrected chi connectivity index (χ0v) is 21.4. The van der Waals surface area contributed by atoms with E-state index < -0.39 is 15.9 Å². The summed E-state index contributed by atoms with van der Waals surface area (Å²) in [5.41, 5.74) is -0.0523. The van der Waals surface area contributed by atoms with E-state index in [1.54, 1.807) is 12.1 Å². The first kappa shape index (κ1) is 24.7. The van der Waals surface area contributed by atoms with Gasteiger partial charge < -0.3 is 14.8 Å². The monoisotopic (exact) mass is 504 g/mol. The Morgan fingerprint density at radius 2 is 1.66 bits per heavy atom. The minimum atomic E-state index is -3.74. The first-order valence-electron chi connectivity index (χ1n) is 12.9. The lowest BCUT2D eigenvalue weighted by molar-refractivity contribution is -0.171. The Hall–Kier alpha value is -1.97. The van der Waals surface area contributed by atoms with Gasteiger partial charge in [-0.3, -0.25) is 9.59 Å². The smallest absolute Gasteiger partial charge is 0.312 e. The number of morpholine rings is 1. The molecule has 2 atom stereocenters. The van der Waals surface area contributed by atoms with E-state index in [1.165, 1.54) is 35.7 Å². The summed E-state index contributed by atoms with van der Waals surface area (Å²) in [6, 6.07) is 6.06. The number of sulfonamides is 1. The van der Waals surface area contributed by atoms with E-state index in [0.717, 1.165) is 19.3 Å². The summed E-state index contributed by atoms with van der Waals surface area (Å²) in [6.45, 7) is 4.55. The predicted molar refractivity (Wildman–Crippen MR) is 129 cm³/mol. The van der Waals surface area contributed by atoms with E-state index in [0.29, 0.717) is 17.8 Å². The topological polar surface area (TPSA) is 102 Å². The molecule has 4 bridgehead atoms. The van der Waals surface area contributed by atoms with E-state index in [4.69, 9.17) is 9.47 Å². The van der Waals surface area contributed by atoms with Gasteiger partial charge in [-0.05, 0) is 88.3 Å². The minimum Gasteiger partial charge on any atom is -0.463 e. The Morgan fingerprint density at radius 3 is 2.26 bits per heavy atom. The zero-order valence-electron chi connectivity index (χ0n) is 20.6. The van der Waals surface area contributed by atoms with Crippen LogP contribution in [0.1, 0.15) is 62.7 Å². The molecule has 0 unspecified atom stereocenters. The quantitative estimate of drug-likeness (QED) is 0.453. The highest BCUT2D eigenvalue weighted by molar-refractivity contribution is 7.89. The molecule has 6 rings (SSSR count). The molecule has 1 aromatic rings. The molecule has 5 fully saturated rings. The van der Waals surface area contributed by atoms with Gasteiger partial charge in [0.2, 0.25) is 10.0 Å². The van der Waals surface area contributed by atoms with Gasteiger partial charge in [-0.2, -0.15) is 4.31 Å². The van der Waals surface area contributed by atoms with Crippen molar-refractivity contribution < 1.29 is 27.5 Å². The number of carbonyl (C=O) groups is 2. The van der Waals surface area contributed by atoms with Crippen molar-refractivity contribution in [2.45, 2.75) is 69.5 Å². The molecule has 1 aliphatic heterocycles. The van der Waals surface area contributed by atoms with Gasteiger partial charge in [-0.15, -0.1) is 0 Å². The third-order valence-electron chi connectivity index (χ3n) is 8.21. The van der Waals surface area contributed by atoms with Crippen LogP contribution in [-0.2, 0) is 24.3 Å². The lowest BCUT2D eigenvalue weighted by Crippen LogP contribution is -2.50. The summed E-state index contributed by atoms with van der Waals surface area (Å²) >= 11 is 0. The number of amides is 1. The van der Waals surface area contributed by atoms with Crippen LogP contribution in [0.4, 0.5) is 0 Å². The maximum Gasteiger partial charge on any atom is 0.312 e. The number of hydrogen-bond acceptors (Lipinski definition) is 6. The highest BCUT2D eigenvalue weighted by Gasteiger charge is 2.55. The summed E-state index contributed by atoms with van der Waals surface area (Å²) in [4.78, 5) is 25.7. The molecule has 1 heterocycles. The van der Waals surface area contributed by atoms with Crippen LogP contribution >= 0.6 is 0 Å². The molecule has 0 aromatic heterocycles. The van der Waals surface area contributed by atoms with E-state index in [1.807, 2.05) is 13.8 Å². The fourth-order valence-corrected chi connectivity index (χ4v) is 8.83. The lowest BCUT2D eigenvalue weighted by atomic mass is 9.49. The molecule has 8 nitrogen and oxygen atoms in total. The predicted octanol–water partition coefficient (Wildman–Crippen LogP) is 2.97. The van der Waals surface area contributed by atoms with E-state index in [9.17, 15) is 18.0 Å². The molecule has 35 heavy (non-hydrogen) atoms. The SMILES string of the molecule is C[C@H]1CN(S(=O)(=O)c2cccc(C(=O)NCCOC(=O)C34CC5CC(CC(C5)C3)C4)c2)C[C@H](C)O1. The van der Waals surface area contributed by atoms with Crippen molar-refractivity contribution in [3.8, 4) is 0 Å². The van der Waals surface area contributed by atoms with Crippen molar-refractivity contribution in [3.05, 3.63) is 29.8 Å². The van der Waals surface area contributed by atoms with Crippen molar-refractivity contribution in [2.75, 3.05) is 26.2 Å². The van der Waals surface area contributed by atoms with E-state index in [-0.39, 0.29) is 60.3 Å². The summed E-state index contributed by atoms with van der Waals surface area (Å²) in [7, 11) is -3.74. The second kappa shape index (κ2) is 9.48. The molecule has 5 aliphatic rings. The third-order valence-corrected chi connectivity index (χ3v) is 10.0. The van der Waals surface area contributed by atoms with Crippen LogP contribution in [0.3, 0.4) is 0 Å². The van der Waals surface area contributed by atoms with Crippen molar-refractivity contribution in [3.63, 3.8) is 0 Å². The lowest BCUT2D eigenvalue weighted by Gasteiger charge is -2.55. The molecule has 9 heteroatoms. The fraction of sp³-hybridized carbons (Fsp3) is 0.692. The van der Waals surface area contributed by atoms with Crippen LogP contribution in [0, 0.1) is 23.2 Å². The number of esters is 1. The van der Waals surface area contributed by atoms with Crippen LogP contribution in [0.15, 0.2) is 29.2 Å². The summed E-state index contributed by atoms with van der Waals surface area (Å²) in [5.74, 6) is 1.51. The highest BCUT2D eigenvalue weighted by atomic mass is 32.2. The van der Waals surface area contributed by atoms with Gasteiger partial charge in [-0.1, -0.05) is 6.07 Å². The molecule has 0 radical (unpaired) electrons. The van der Waals surface area contributed by atoms with E-state index >= 15 is 0 Å². The Kier molecular flexibility index (Phi) is 6.70. The molecule has 1 amide bonds. The second-order valence-electron chi connectivity index (χ2n) is 11.2. The zero-order chi connectivity index (χ0) is 24.8. The Morgan fingerprint density at radius 1 is 1.06 bits per heavy atom. The average Bonchev–Trinajstić information content (AvgIpc) is 2.80. The normalized spacial score (nSPS) is 34.5. The van der Waals surface area contributed by atoms with Crippen LogP contribution in [0.5, 0.6) is 0 Å². The number of nitrogens with one attached hydrogen (secondary N) is 1. The van der Waals surface area contributed by atoms with Gasteiger partial charge in [-0.25, -0.2) is 8.42 Å². The van der Waals surface area contributed by atoms with Gasteiger partial charge in [0.15, 0.2) is 0 Å². The van der Waals surface area contributed by atoms with Crippen LogP contribution < -0.4 is 5.32 Å². The van der Waals surface area contributed by atoms with Gasteiger partial charge in [0.1, 0.15) is 6.61 Å². The highest BCUT2D eigenvalue weighted by Crippen LogP contribution is 2.60. The van der Waals surface area contributed by atoms with Crippen molar-refractivity contribution in [1.29, 1.82) is 0 Å². The summed E-state index contributed by atoms with van der Waals surface area (Å²) in [5, 5.41) is 2.76. The molecule has 192 valence electrons. The van der Waals surface area contributed by atoms with Crippen LogP contribution in [0.2, 0.25) is 0 Å². The Labute approximate surface area is 207 Å². The van der Waals surface area contributed by atoms with Gasteiger partial charge >= 0.3 is 5.97 Å². The first-order chi connectivity index (χ1) is 16.6. The second-order valence-corrected chi connectivity index (χ2v) is 13.1. The summed E-state index contributed by atoms with van der Waals surface area (Å²) < 4.78 is 38.9. The number of benzene rings is 1. The Balaban J connectivity index is 1.15. The number of rotatable bonds is 7. The molecule has 0 spiro atoms. The van der Waals surface area contributed by atoms with Gasteiger partial charge in [0.25, 0.3) is 5.91 Å². The van der Waals surface area contributed by atoms with Crippen LogP contribution in [-0.4, -0.2) is 63.0 Å². The average molecular weight is 505 g/mol. The standard InChI is InChI=1S/C26H36N2O6S/c1-17-15-28(16-18(2)34-17)35(31,32)23-5-3-4-22(11-23)24(29)27-6-7-33-25(30)26-12-19-8-20(13-26)10-21(9-19)14-26/h3-5,11,17-21H,6-10,12-16H2,1-2H3,(H,27,29)/t17-,18-,19?,20?,21?,26?/m0/s1. The first-order valence-corrected chi connectivity index (χ1v) is 14.3. The largest absolute Gasteiger partial charge is 0.463 e. The maximum atomic E-state index is 13.1. The number of ether oxygens (including phenoxy) is 2. The Bertz CT molecular complexity index is 1040. The van der Waals surface area contributed by atoms with Crippen molar-refractivity contribution >= 4 is 21.9 Å². The molecule has 1 saturated heterocycles. The molecular formula is C26H36N2O6S. The fourth-order valence-electron chi connectivity index (χ4n) is 7.20. The molecule has 4 saturated carbocycles. The number of nitrogens with zero attached hydrogens (tertiary/aromatic N) is 1. The maximum absolute atomic E-state index is 13.1. The molecular weight excluding hydrogens is 468 g/mol. The number of carbonyl (C=O) groups excluding carboxylic acids is 2. The third kappa shape index (κ3) is 5.00. The summed E-state index contributed by atoms with van der Waals surface area (Å²) in [6.07, 6.45) is 6.26. The van der Waals surface area contributed by atoms with E-state index in [2.05, 4.69) is 5.32 Å². The number of hydrogen-bond donors (Lipinski definition) is 1. The van der Waals surface area contributed by atoms with Crippen molar-refractivity contribution in [1.82, 2.24) is 9.62 Å². The molecule has 1 N–H and O–H groups in total. The molecule has 1 aromatic carbocycles.